The van der Waals surface area contributed by atoms with Crippen LogP contribution in [0, 0.1) is 5.82 Å². The van der Waals surface area contributed by atoms with E-state index in [0.717, 1.165) is 18.4 Å². The Morgan fingerprint density at radius 3 is 2.80 bits per heavy atom. The second-order valence-corrected chi connectivity index (χ2v) is 5.65. The van der Waals surface area contributed by atoms with Gasteiger partial charge in [0.25, 0.3) is 0 Å². The number of thiophene rings is 1. The molecule has 0 saturated carbocycles. The van der Waals surface area contributed by atoms with Gasteiger partial charge in [-0.05, 0) is 52.9 Å². The quantitative estimate of drug-likeness (QED) is 0.843. The van der Waals surface area contributed by atoms with Gasteiger partial charge in [0.15, 0.2) is 11.6 Å². The molecule has 2 nitrogen and oxygen atoms in total. The van der Waals surface area contributed by atoms with Crippen LogP contribution in [0.5, 0.6) is 5.75 Å². The van der Waals surface area contributed by atoms with Crippen molar-refractivity contribution in [3.8, 4) is 5.75 Å². The molecule has 108 valence electrons. The lowest BCUT2D eigenvalue weighted by Gasteiger charge is -2.11. The molecule has 0 aliphatic carbocycles. The van der Waals surface area contributed by atoms with E-state index in [-0.39, 0.29) is 11.9 Å². The molecule has 1 aromatic carbocycles. The van der Waals surface area contributed by atoms with Crippen LogP contribution in [0.1, 0.15) is 24.5 Å². The van der Waals surface area contributed by atoms with Crippen LogP contribution in [0.15, 0.2) is 35.0 Å². The lowest BCUT2D eigenvalue weighted by atomic mass is 10.0. The van der Waals surface area contributed by atoms with E-state index < -0.39 is 0 Å². The summed E-state index contributed by atoms with van der Waals surface area (Å²) in [4.78, 5) is 0. The molecule has 1 heterocycles. The highest BCUT2D eigenvalue weighted by atomic mass is 32.1. The zero-order chi connectivity index (χ0) is 14.4. The Bertz CT molecular complexity index is 527. The highest BCUT2D eigenvalue weighted by Gasteiger charge is 2.07. The molecule has 0 aliphatic rings. The monoisotopic (exact) mass is 293 g/mol. The topological polar surface area (TPSA) is 35.2 Å². The summed E-state index contributed by atoms with van der Waals surface area (Å²) in [5.74, 6) is 0.00479. The third-order valence-corrected chi connectivity index (χ3v) is 3.98. The van der Waals surface area contributed by atoms with Crippen molar-refractivity contribution in [2.45, 2.75) is 32.2 Å². The molecule has 1 atom stereocenters. The highest BCUT2D eigenvalue weighted by Crippen LogP contribution is 2.20. The minimum atomic E-state index is -0.309. The zero-order valence-corrected chi connectivity index (χ0v) is 12.5. The zero-order valence-electron chi connectivity index (χ0n) is 11.6. The molecule has 20 heavy (non-hydrogen) atoms. The lowest BCUT2D eigenvalue weighted by Crippen LogP contribution is -2.21. The molecule has 0 fully saturated rings. The van der Waals surface area contributed by atoms with E-state index in [2.05, 4.69) is 11.4 Å². The van der Waals surface area contributed by atoms with Crippen LogP contribution in [0.2, 0.25) is 0 Å². The van der Waals surface area contributed by atoms with Crippen LogP contribution < -0.4 is 10.5 Å². The molecule has 0 bridgehead atoms. The average Bonchev–Trinajstić information content (AvgIpc) is 2.94. The molecule has 4 heteroatoms. The number of ether oxygens (including phenoxy) is 1. The Balaban J connectivity index is 1.88. The molecule has 1 unspecified atom stereocenters. The molecular formula is C16H20FNOS. The van der Waals surface area contributed by atoms with Gasteiger partial charge < -0.3 is 10.5 Å². The maximum absolute atomic E-state index is 13.9. The molecule has 2 aromatic rings. The van der Waals surface area contributed by atoms with Crippen LogP contribution in [-0.2, 0) is 12.8 Å². The summed E-state index contributed by atoms with van der Waals surface area (Å²) in [6.45, 7) is 2.52. The molecule has 2 rings (SSSR count). The average molecular weight is 293 g/mol. The summed E-state index contributed by atoms with van der Waals surface area (Å²) in [5, 5.41) is 4.11. The number of hydrogen-bond acceptors (Lipinski definition) is 3. The van der Waals surface area contributed by atoms with Crippen LogP contribution in [0.3, 0.4) is 0 Å². The molecular weight excluding hydrogens is 273 g/mol. The van der Waals surface area contributed by atoms with Crippen molar-refractivity contribution in [2.75, 3.05) is 6.61 Å². The fourth-order valence-corrected chi connectivity index (χ4v) is 2.65. The van der Waals surface area contributed by atoms with E-state index in [1.165, 1.54) is 11.6 Å². The molecule has 0 saturated heterocycles. The number of hydrogen-bond donors (Lipinski definition) is 1. The molecule has 0 aliphatic heterocycles. The second-order valence-electron chi connectivity index (χ2n) is 4.87. The largest absolute Gasteiger partial charge is 0.490 e. The first-order valence-corrected chi connectivity index (χ1v) is 7.81. The molecule has 0 amide bonds. The van der Waals surface area contributed by atoms with Crippen LogP contribution in [-0.4, -0.2) is 12.6 Å². The third kappa shape index (κ3) is 4.32. The van der Waals surface area contributed by atoms with Crippen LogP contribution in [0.25, 0.3) is 0 Å². The lowest BCUT2D eigenvalue weighted by molar-refractivity contribution is 0.305. The van der Waals surface area contributed by atoms with Crippen molar-refractivity contribution < 1.29 is 9.13 Å². The van der Waals surface area contributed by atoms with E-state index in [1.54, 1.807) is 17.4 Å². The van der Waals surface area contributed by atoms with Crippen LogP contribution >= 0.6 is 11.3 Å². The smallest absolute Gasteiger partial charge is 0.165 e. The van der Waals surface area contributed by atoms with Gasteiger partial charge in [-0.1, -0.05) is 13.0 Å². The fourth-order valence-electron chi connectivity index (χ4n) is 1.95. The van der Waals surface area contributed by atoms with Gasteiger partial charge >= 0.3 is 0 Å². The third-order valence-electron chi connectivity index (χ3n) is 3.25. The summed E-state index contributed by atoms with van der Waals surface area (Å²) in [7, 11) is 0. The summed E-state index contributed by atoms with van der Waals surface area (Å²) in [5.41, 5.74) is 8.02. The predicted octanol–water partition coefficient (Wildman–Crippen LogP) is 3.79. The summed E-state index contributed by atoms with van der Waals surface area (Å²) < 4.78 is 19.4. The van der Waals surface area contributed by atoms with E-state index >= 15 is 0 Å². The van der Waals surface area contributed by atoms with E-state index in [1.807, 2.05) is 18.4 Å². The number of halogens is 1. The van der Waals surface area contributed by atoms with E-state index in [9.17, 15) is 4.39 Å². The van der Waals surface area contributed by atoms with Gasteiger partial charge in [0.2, 0.25) is 0 Å². The SMILES string of the molecule is CCC(N)Cc1ccc(OCCc2ccsc2)c(F)c1. The minimum Gasteiger partial charge on any atom is -0.490 e. The van der Waals surface area contributed by atoms with Crippen molar-refractivity contribution in [2.24, 2.45) is 5.73 Å². The molecule has 0 radical (unpaired) electrons. The Morgan fingerprint density at radius 2 is 2.15 bits per heavy atom. The van der Waals surface area contributed by atoms with Crippen LogP contribution in [0.4, 0.5) is 4.39 Å². The summed E-state index contributed by atoms with van der Waals surface area (Å²) in [6, 6.07) is 7.24. The van der Waals surface area contributed by atoms with Gasteiger partial charge in [-0.3, -0.25) is 0 Å². The fraction of sp³-hybridized carbons (Fsp3) is 0.375. The van der Waals surface area contributed by atoms with Crippen molar-refractivity contribution in [1.29, 1.82) is 0 Å². The number of benzene rings is 1. The van der Waals surface area contributed by atoms with Gasteiger partial charge in [0.05, 0.1) is 6.61 Å². The van der Waals surface area contributed by atoms with Gasteiger partial charge in [-0.2, -0.15) is 11.3 Å². The van der Waals surface area contributed by atoms with Gasteiger partial charge in [0, 0.05) is 12.5 Å². The number of nitrogens with two attached hydrogens (primary N) is 1. The first-order valence-electron chi connectivity index (χ1n) is 6.87. The Labute approximate surface area is 123 Å². The molecule has 0 spiro atoms. The molecule has 1 aromatic heterocycles. The maximum Gasteiger partial charge on any atom is 0.165 e. The Hall–Kier alpha value is -1.39. The summed E-state index contributed by atoms with van der Waals surface area (Å²) >= 11 is 1.66. The molecule has 2 N–H and O–H groups in total. The Kier molecular flexibility index (Phi) is 5.56. The van der Waals surface area contributed by atoms with Crippen molar-refractivity contribution >= 4 is 11.3 Å². The Morgan fingerprint density at radius 1 is 1.30 bits per heavy atom. The maximum atomic E-state index is 13.9. The highest BCUT2D eigenvalue weighted by molar-refractivity contribution is 7.07. The van der Waals surface area contributed by atoms with Gasteiger partial charge in [-0.15, -0.1) is 0 Å². The summed E-state index contributed by atoms with van der Waals surface area (Å²) in [6.07, 6.45) is 2.38. The van der Waals surface area contributed by atoms with Crippen molar-refractivity contribution in [3.63, 3.8) is 0 Å². The van der Waals surface area contributed by atoms with Crippen molar-refractivity contribution in [1.82, 2.24) is 0 Å². The van der Waals surface area contributed by atoms with E-state index in [4.69, 9.17) is 10.5 Å². The van der Waals surface area contributed by atoms with Gasteiger partial charge in [-0.25, -0.2) is 4.39 Å². The van der Waals surface area contributed by atoms with Gasteiger partial charge in [0.1, 0.15) is 0 Å². The normalized spacial score (nSPS) is 12.3. The van der Waals surface area contributed by atoms with Crippen molar-refractivity contribution in [3.05, 3.63) is 52.0 Å². The van der Waals surface area contributed by atoms with E-state index in [0.29, 0.717) is 18.8 Å². The number of rotatable bonds is 7. The minimum absolute atomic E-state index is 0.0831. The predicted molar refractivity (Wildman–Crippen MR) is 81.9 cm³/mol. The second kappa shape index (κ2) is 7.41. The first kappa shape index (κ1) is 15.0. The standard InChI is InChI=1S/C16H20FNOS/c1-2-14(18)9-13-3-4-16(15(17)10-13)19-7-5-12-6-8-20-11-12/h3-4,6,8,10-11,14H,2,5,7,9,18H2,1H3. The first-order chi connectivity index (χ1) is 9.69.